The first kappa shape index (κ1) is 14.9. The second-order valence-electron chi connectivity index (χ2n) is 4.75. The minimum atomic E-state index is 0.167. The van der Waals surface area contributed by atoms with Crippen LogP contribution in [-0.2, 0) is 0 Å². The van der Waals surface area contributed by atoms with Gasteiger partial charge in [-0.05, 0) is 38.1 Å². The maximum Gasteiger partial charge on any atom is 0.0448 e. The van der Waals surface area contributed by atoms with Gasteiger partial charge in [0.05, 0.1) is 0 Å². The van der Waals surface area contributed by atoms with Crippen LogP contribution in [0.25, 0.3) is 0 Å². The van der Waals surface area contributed by atoms with Gasteiger partial charge in [-0.2, -0.15) is 0 Å². The zero-order valence-corrected chi connectivity index (χ0v) is 11.0. The summed E-state index contributed by atoms with van der Waals surface area (Å²) in [7, 11) is 0. The largest absolute Gasteiger partial charge is 0.396 e. The van der Waals surface area contributed by atoms with Gasteiger partial charge in [0.2, 0.25) is 0 Å². The van der Waals surface area contributed by atoms with Crippen molar-refractivity contribution in [3.05, 3.63) is 0 Å². The summed E-state index contributed by atoms with van der Waals surface area (Å²) in [4.78, 5) is 0. The Labute approximate surface area is 95.5 Å². The van der Waals surface area contributed by atoms with Gasteiger partial charge in [-0.1, -0.05) is 34.1 Å². The molecule has 0 fully saturated rings. The van der Waals surface area contributed by atoms with E-state index < -0.39 is 0 Å². The van der Waals surface area contributed by atoms with Gasteiger partial charge >= 0.3 is 0 Å². The van der Waals surface area contributed by atoms with Crippen molar-refractivity contribution in [1.82, 2.24) is 5.32 Å². The number of rotatable bonds is 9. The van der Waals surface area contributed by atoms with Gasteiger partial charge < -0.3 is 10.4 Å². The molecule has 92 valence electrons. The molecule has 2 N–H and O–H groups in total. The third-order valence-electron chi connectivity index (χ3n) is 3.45. The van der Waals surface area contributed by atoms with E-state index in [1.807, 2.05) is 0 Å². The molecule has 0 aliphatic carbocycles. The van der Waals surface area contributed by atoms with E-state index in [0.29, 0.717) is 6.61 Å². The van der Waals surface area contributed by atoms with Crippen molar-refractivity contribution in [2.45, 2.75) is 65.3 Å². The summed E-state index contributed by atoms with van der Waals surface area (Å²) in [5, 5.41) is 12.8. The molecule has 0 heterocycles. The van der Waals surface area contributed by atoms with E-state index in [2.05, 4.69) is 33.0 Å². The molecule has 0 bridgehead atoms. The molecule has 0 amide bonds. The SMILES string of the molecule is CCCNC(CC)(CCO)CC(C)CC. The Bertz CT molecular complexity index is 149. The van der Waals surface area contributed by atoms with Crippen molar-refractivity contribution in [2.75, 3.05) is 13.2 Å². The molecule has 15 heavy (non-hydrogen) atoms. The predicted molar refractivity (Wildman–Crippen MR) is 67.1 cm³/mol. The first-order valence-corrected chi connectivity index (χ1v) is 6.50. The third-order valence-corrected chi connectivity index (χ3v) is 3.45. The molecule has 0 aliphatic heterocycles. The number of aliphatic hydroxyl groups is 1. The lowest BCUT2D eigenvalue weighted by Gasteiger charge is -2.36. The molecule has 0 saturated heterocycles. The summed E-state index contributed by atoms with van der Waals surface area (Å²) in [6.07, 6.45) is 5.56. The van der Waals surface area contributed by atoms with Crippen LogP contribution < -0.4 is 5.32 Å². The predicted octanol–water partition coefficient (Wildman–Crippen LogP) is 2.95. The summed E-state index contributed by atoms with van der Waals surface area (Å²) in [6.45, 7) is 10.3. The minimum Gasteiger partial charge on any atom is -0.396 e. The molecule has 2 nitrogen and oxygen atoms in total. The van der Waals surface area contributed by atoms with Crippen LogP contribution in [0.5, 0.6) is 0 Å². The fourth-order valence-electron chi connectivity index (χ4n) is 2.12. The zero-order valence-electron chi connectivity index (χ0n) is 11.0. The summed E-state index contributed by atoms with van der Waals surface area (Å²) < 4.78 is 0. The van der Waals surface area contributed by atoms with Crippen molar-refractivity contribution >= 4 is 0 Å². The van der Waals surface area contributed by atoms with Gasteiger partial charge in [-0.15, -0.1) is 0 Å². The van der Waals surface area contributed by atoms with E-state index in [9.17, 15) is 5.11 Å². The Morgan fingerprint density at radius 2 is 1.93 bits per heavy atom. The highest BCUT2D eigenvalue weighted by molar-refractivity contribution is 4.87. The Kier molecular flexibility index (Phi) is 8.07. The molecule has 0 aromatic heterocycles. The molecule has 0 saturated carbocycles. The number of nitrogens with one attached hydrogen (secondary N) is 1. The molecule has 2 atom stereocenters. The van der Waals surface area contributed by atoms with Crippen molar-refractivity contribution in [3.8, 4) is 0 Å². The molecule has 0 rings (SSSR count). The maximum absolute atomic E-state index is 9.18. The molecule has 0 spiro atoms. The van der Waals surface area contributed by atoms with Crippen LogP contribution in [0.4, 0.5) is 0 Å². The lowest BCUT2D eigenvalue weighted by atomic mass is 9.82. The Morgan fingerprint density at radius 1 is 1.27 bits per heavy atom. The van der Waals surface area contributed by atoms with Crippen LogP contribution in [0.1, 0.15) is 59.8 Å². The highest BCUT2D eigenvalue weighted by Crippen LogP contribution is 2.26. The van der Waals surface area contributed by atoms with Crippen LogP contribution in [0.2, 0.25) is 0 Å². The van der Waals surface area contributed by atoms with Crippen LogP contribution in [0.3, 0.4) is 0 Å². The number of hydrogen-bond donors (Lipinski definition) is 2. The monoisotopic (exact) mass is 215 g/mol. The highest BCUT2D eigenvalue weighted by Gasteiger charge is 2.27. The van der Waals surface area contributed by atoms with E-state index >= 15 is 0 Å². The lowest BCUT2D eigenvalue weighted by Crippen LogP contribution is -2.47. The average Bonchev–Trinajstić information content (AvgIpc) is 2.26. The summed E-state index contributed by atoms with van der Waals surface area (Å²) in [6, 6.07) is 0. The molecule has 2 heteroatoms. The topological polar surface area (TPSA) is 32.3 Å². The first-order chi connectivity index (χ1) is 7.14. The summed E-state index contributed by atoms with van der Waals surface area (Å²) in [5.41, 5.74) is 0.167. The number of hydrogen-bond acceptors (Lipinski definition) is 2. The second-order valence-corrected chi connectivity index (χ2v) is 4.75. The Hall–Kier alpha value is -0.0800. The van der Waals surface area contributed by atoms with Crippen LogP contribution in [0.15, 0.2) is 0 Å². The van der Waals surface area contributed by atoms with Crippen molar-refractivity contribution in [3.63, 3.8) is 0 Å². The standard InChI is InChI=1S/C13H29NO/c1-5-9-14-13(7-3,8-10-15)11-12(4)6-2/h12,14-15H,5-11H2,1-4H3. The fourth-order valence-corrected chi connectivity index (χ4v) is 2.12. The van der Waals surface area contributed by atoms with Gasteiger partial charge in [0.1, 0.15) is 0 Å². The molecule has 0 aliphatic rings. The first-order valence-electron chi connectivity index (χ1n) is 6.50. The number of aliphatic hydroxyl groups excluding tert-OH is 1. The molecular weight excluding hydrogens is 186 g/mol. The highest BCUT2D eigenvalue weighted by atomic mass is 16.3. The van der Waals surface area contributed by atoms with Gasteiger partial charge in [0.25, 0.3) is 0 Å². The van der Waals surface area contributed by atoms with E-state index in [1.54, 1.807) is 0 Å². The van der Waals surface area contributed by atoms with Crippen molar-refractivity contribution in [1.29, 1.82) is 0 Å². The quantitative estimate of drug-likeness (QED) is 0.620. The molecule has 0 aromatic rings. The smallest absolute Gasteiger partial charge is 0.0448 e. The Balaban J connectivity index is 4.34. The third kappa shape index (κ3) is 5.53. The summed E-state index contributed by atoms with van der Waals surface area (Å²) >= 11 is 0. The van der Waals surface area contributed by atoms with Crippen LogP contribution in [-0.4, -0.2) is 23.8 Å². The fraction of sp³-hybridized carbons (Fsp3) is 1.00. The van der Waals surface area contributed by atoms with Crippen LogP contribution in [0, 0.1) is 5.92 Å². The second kappa shape index (κ2) is 8.12. The van der Waals surface area contributed by atoms with E-state index in [4.69, 9.17) is 0 Å². The van der Waals surface area contributed by atoms with Crippen LogP contribution >= 0.6 is 0 Å². The average molecular weight is 215 g/mol. The molecule has 0 aromatic carbocycles. The van der Waals surface area contributed by atoms with Gasteiger partial charge in [0.15, 0.2) is 0 Å². The van der Waals surface area contributed by atoms with E-state index in [-0.39, 0.29) is 5.54 Å². The Morgan fingerprint density at radius 3 is 2.33 bits per heavy atom. The lowest BCUT2D eigenvalue weighted by molar-refractivity contribution is 0.175. The maximum atomic E-state index is 9.18. The minimum absolute atomic E-state index is 0.167. The van der Waals surface area contributed by atoms with Crippen molar-refractivity contribution in [2.24, 2.45) is 5.92 Å². The molecular formula is C13H29NO. The van der Waals surface area contributed by atoms with Crippen molar-refractivity contribution < 1.29 is 5.11 Å². The van der Waals surface area contributed by atoms with E-state index in [1.165, 1.54) is 12.8 Å². The van der Waals surface area contributed by atoms with Gasteiger partial charge in [-0.25, -0.2) is 0 Å². The molecule has 2 unspecified atom stereocenters. The van der Waals surface area contributed by atoms with Gasteiger partial charge in [-0.3, -0.25) is 0 Å². The summed E-state index contributed by atoms with van der Waals surface area (Å²) in [5.74, 6) is 0.737. The van der Waals surface area contributed by atoms with Gasteiger partial charge in [0, 0.05) is 12.1 Å². The zero-order chi connectivity index (χ0) is 11.7. The molecule has 0 radical (unpaired) electrons. The normalized spacial score (nSPS) is 17.4. The van der Waals surface area contributed by atoms with E-state index in [0.717, 1.165) is 31.7 Å².